The Balaban J connectivity index is 2.07. The summed E-state index contributed by atoms with van der Waals surface area (Å²) < 4.78 is 12.7. The number of hydrogen-bond donors (Lipinski definition) is 0. The summed E-state index contributed by atoms with van der Waals surface area (Å²) in [4.78, 5) is 16.7. The van der Waals surface area contributed by atoms with Crippen molar-refractivity contribution >= 4 is 16.8 Å². The van der Waals surface area contributed by atoms with E-state index in [2.05, 4.69) is 0 Å². The number of methoxy groups -OCH3 is 2. The third-order valence-corrected chi connectivity index (χ3v) is 4.45. The number of imidazole rings is 1. The van der Waals surface area contributed by atoms with Crippen molar-refractivity contribution < 1.29 is 14.3 Å². The molecule has 0 amide bonds. The van der Waals surface area contributed by atoms with Crippen LogP contribution in [0.4, 0.5) is 0 Å². The van der Waals surface area contributed by atoms with E-state index in [9.17, 15) is 4.79 Å². The molecule has 3 rings (SSSR count). The van der Waals surface area contributed by atoms with Gasteiger partial charge in [0.15, 0.2) is 17.3 Å². The molecule has 1 atom stereocenters. The number of para-hydroxylation sites is 2. The van der Waals surface area contributed by atoms with Crippen LogP contribution in [-0.4, -0.2) is 29.6 Å². The lowest BCUT2D eigenvalue weighted by molar-refractivity contribution is -0.119. The van der Waals surface area contributed by atoms with Gasteiger partial charge in [-0.1, -0.05) is 18.2 Å². The number of carbonyl (C=O) groups excluding carboxylic acids is 1. The Morgan fingerprint density at radius 3 is 2.52 bits per heavy atom. The van der Waals surface area contributed by atoms with Crippen LogP contribution in [0.2, 0.25) is 0 Å². The van der Waals surface area contributed by atoms with Crippen molar-refractivity contribution in [3.8, 4) is 11.5 Å². The van der Waals surface area contributed by atoms with Crippen molar-refractivity contribution in [1.82, 2.24) is 9.55 Å². The molecule has 5 nitrogen and oxygen atoms in total. The molecule has 0 N–H and O–H groups in total. The van der Waals surface area contributed by atoms with E-state index in [-0.39, 0.29) is 11.8 Å². The predicted octanol–water partition coefficient (Wildman–Crippen LogP) is 3.79. The number of carbonyl (C=O) groups is 1. The molecule has 0 bridgehead atoms. The first-order valence-corrected chi connectivity index (χ1v) is 8.22. The van der Waals surface area contributed by atoms with Gasteiger partial charge in [-0.15, -0.1) is 0 Å². The summed E-state index contributed by atoms with van der Waals surface area (Å²) in [6.45, 7) is 3.52. The SMILES string of the molecule is COc1ccc(Cc2nc3ccccc3n2C(C)C(C)=O)cc1OC. The van der Waals surface area contributed by atoms with Gasteiger partial charge in [0.05, 0.1) is 31.3 Å². The summed E-state index contributed by atoms with van der Waals surface area (Å²) in [6, 6.07) is 13.4. The highest BCUT2D eigenvalue weighted by atomic mass is 16.5. The van der Waals surface area contributed by atoms with Crippen LogP contribution in [0.3, 0.4) is 0 Å². The average Bonchev–Trinajstić information content (AvgIpc) is 2.98. The molecule has 1 aromatic heterocycles. The topological polar surface area (TPSA) is 53.4 Å². The van der Waals surface area contributed by atoms with Crippen LogP contribution in [-0.2, 0) is 11.2 Å². The number of fused-ring (bicyclic) bond motifs is 1. The van der Waals surface area contributed by atoms with Crippen LogP contribution in [0.15, 0.2) is 42.5 Å². The van der Waals surface area contributed by atoms with E-state index in [1.54, 1.807) is 21.1 Å². The van der Waals surface area contributed by atoms with Gasteiger partial charge in [0.1, 0.15) is 5.82 Å². The number of aromatic nitrogens is 2. The van der Waals surface area contributed by atoms with Crippen LogP contribution in [0.5, 0.6) is 11.5 Å². The van der Waals surface area contributed by atoms with E-state index in [0.29, 0.717) is 17.9 Å². The Bertz CT molecular complexity index is 914. The first-order chi connectivity index (χ1) is 12.0. The number of hydrogen-bond acceptors (Lipinski definition) is 4. The van der Waals surface area contributed by atoms with Crippen LogP contribution in [0.25, 0.3) is 11.0 Å². The lowest BCUT2D eigenvalue weighted by Gasteiger charge is -2.15. The molecule has 1 unspecified atom stereocenters. The van der Waals surface area contributed by atoms with Gasteiger partial charge in [0, 0.05) is 6.42 Å². The summed E-state index contributed by atoms with van der Waals surface area (Å²) in [6.07, 6.45) is 0.604. The molecule has 0 spiro atoms. The van der Waals surface area contributed by atoms with Gasteiger partial charge in [-0.2, -0.15) is 0 Å². The minimum Gasteiger partial charge on any atom is -0.493 e. The Morgan fingerprint density at radius 2 is 1.84 bits per heavy atom. The third-order valence-electron chi connectivity index (χ3n) is 4.45. The summed E-state index contributed by atoms with van der Waals surface area (Å²) in [5.41, 5.74) is 2.91. The second-order valence-electron chi connectivity index (χ2n) is 6.04. The van der Waals surface area contributed by atoms with E-state index < -0.39 is 0 Å². The highest BCUT2D eigenvalue weighted by Gasteiger charge is 2.19. The Labute approximate surface area is 147 Å². The maximum Gasteiger partial charge on any atom is 0.161 e. The van der Waals surface area contributed by atoms with Crippen molar-refractivity contribution in [3.63, 3.8) is 0 Å². The van der Waals surface area contributed by atoms with Crippen molar-refractivity contribution in [2.45, 2.75) is 26.3 Å². The van der Waals surface area contributed by atoms with Gasteiger partial charge in [-0.25, -0.2) is 4.98 Å². The molecule has 0 saturated carbocycles. The summed E-state index contributed by atoms with van der Waals surface area (Å²) in [7, 11) is 3.24. The molecule has 0 aliphatic heterocycles. The zero-order valence-electron chi connectivity index (χ0n) is 14.9. The van der Waals surface area contributed by atoms with Gasteiger partial charge in [-0.05, 0) is 43.7 Å². The molecule has 0 aliphatic carbocycles. The van der Waals surface area contributed by atoms with Crippen LogP contribution < -0.4 is 9.47 Å². The number of benzene rings is 2. The number of rotatable bonds is 6. The minimum absolute atomic E-state index is 0.108. The molecule has 5 heteroatoms. The zero-order chi connectivity index (χ0) is 18.0. The van der Waals surface area contributed by atoms with Gasteiger partial charge >= 0.3 is 0 Å². The molecule has 0 radical (unpaired) electrons. The standard InChI is InChI=1S/C20H22N2O3/c1-13(14(2)23)22-17-8-6-5-7-16(17)21-20(22)12-15-9-10-18(24-3)19(11-15)25-4/h5-11,13H,12H2,1-4H3. The molecule has 0 saturated heterocycles. The lowest BCUT2D eigenvalue weighted by atomic mass is 10.1. The van der Waals surface area contributed by atoms with E-state index in [4.69, 9.17) is 14.5 Å². The highest BCUT2D eigenvalue weighted by molar-refractivity contribution is 5.84. The van der Waals surface area contributed by atoms with E-state index in [0.717, 1.165) is 22.4 Å². The van der Waals surface area contributed by atoms with Crippen molar-refractivity contribution in [2.24, 2.45) is 0 Å². The molecule has 130 valence electrons. The first kappa shape index (κ1) is 17.0. The lowest BCUT2D eigenvalue weighted by Crippen LogP contribution is -2.16. The van der Waals surface area contributed by atoms with Gasteiger partial charge in [0.25, 0.3) is 0 Å². The number of Topliss-reactive ketones (excluding diaryl/α,β-unsaturated/α-hetero) is 1. The van der Waals surface area contributed by atoms with Crippen molar-refractivity contribution in [2.75, 3.05) is 14.2 Å². The second kappa shape index (κ2) is 6.97. The summed E-state index contributed by atoms with van der Waals surface area (Å²) in [5.74, 6) is 2.34. The van der Waals surface area contributed by atoms with E-state index in [1.807, 2.05) is 54.0 Å². The molecule has 2 aromatic carbocycles. The number of nitrogens with zero attached hydrogens (tertiary/aromatic N) is 2. The Kier molecular flexibility index (Phi) is 4.74. The van der Waals surface area contributed by atoms with Gasteiger partial charge in [0.2, 0.25) is 0 Å². The Hall–Kier alpha value is -2.82. The number of ketones is 1. The van der Waals surface area contributed by atoms with Crippen LogP contribution in [0.1, 0.15) is 31.3 Å². The van der Waals surface area contributed by atoms with Crippen LogP contribution >= 0.6 is 0 Å². The highest BCUT2D eigenvalue weighted by Crippen LogP contribution is 2.29. The van der Waals surface area contributed by atoms with Gasteiger partial charge < -0.3 is 14.0 Å². The van der Waals surface area contributed by atoms with Gasteiger partial charge in [-0.3, -0.25) is 4.79 Å². The zero-order valence-corrected chi connectivity index (χ0v) is 14.9. The molecular formula is C20H22N2O3. The molecule has 25 heavy (non-hydrogen) atoms. The smallest absolute Gasteiger partial charge is 0.161 e. The second-order valence-corrected chi connectivity index (χ2v) is 6.04. The average molecular weight is 338 g/mol. The normalized spacial score (nSPS) is 12.2. The molecule has 0 fully saturated rings. The molecule has 1 heterocycles. The molecule has 0 aliphatic rings. The van der Waals surface area contributed by atoms with E-state index >= 15 is 0 Å². The molecular weight excluding hydrogens is 316 g/mol. The van der Waals surface area contributed by atoms with Crippen LogP contribution in [0, 0.1) is 0 Å². The largest absolute Gasteiger partial charge is 0.493 e. The first-order valence-electron chi connectivity index (χ1n) is 8.22. The van der Waals surface area contributed by atoms with Crippen molar-refractivity contribution in [3.05, 3.63) is 53.9 Å². The third kappa shape index (κ3) is 3.22. The van der Waals surface area contributed by atoms with E-state index in [1.165, 1.54) is 0 Å². The fraction of sp³-hybridized carbons (Fsp3) is 0.300. The predicted molar refractivity (Wildman–Crippen MR) is 97.5 cm³/mol. The maximum atomic E-state index is 12.0. The summed E-state index contributed by atoms with van der Waals surface area (Å²) in [5, 5.41) is 0. The molecule has 3 aromatic rings. The maximum absolute atomic E-state index is 12.0. The van der Waals surface area contributed by atoms with Crippen molar-refractivity contribution in [1.29, 1.82) is 0 Å². The summed E-state index contributed by atoms with van der Waals surface area (Å²) >= 11 is 0. The fourth-order valence-electron chi connectivity index (χ4n) is 3.01. The fourth-order valence-corrected chi connectivity index (χ4v) is 3.01. The monoisotopic (exact) mass is 338 g/mol. The number of ether oxygens (including phenoxy) is 2. The minimum atomic E-state index is -0.262. The quantitative estimate of drug-likeness (QED) is 0.686. The Morgan fingerprint density at radius 1 is 1.12 bits per heavy atom.